The smallest absolute Gasteiger partial charge is 0.407 e. The number of hydrogen-bond acceptors (Lipinski definition) is 2. The summed E-state index contributed by atoms with van der Waals surface area (Å²) in [6.45, 7) is 5.88. The highest BCUT2D eigenvalue weighted by molar-refractivity contribution is 9.10. The first kappa shape index (κ1) is 19.1. The Bertz CT molecular complexity index is 799. The van der Waals surface area contributed by atoms with Gasteiger partial charge in [0.25, 0.3) is 0 Å². The van der Waals surface area contributed by atoms with Crippen molar-refractivity contribution in [1.29, 1.82) is 0 Å². The van der Waals surface area contributed by atoms with Crippen molar-refractivity contribution in [2.75, 3.05) is 6.54 Å². The van der Waals surface area contributed by atoms with Crippen LogP contribution in [0.25, 0.3) is 0 Å². The average Bonchev–Trinajstić information content (AvgIpc) is 2.81. The van der Waals surface area contributed by atoms with E-state index in [-0.39, 0.29) is 30.6 Å². The van der Waals surface area contributed by atoms with E-state index in [4.69, 9.17) is 0 Å². The molecule has 6 heteroatoms. The van der Waals surface area contributed by atoms with E-state index >= 15 is 4.39 Å². The summed E-state index contributed by atoms with van der Waals surface area (Å²) in [5, 5.41) is 9.44. The molecule has 1 fully saturated rings. The predicted molar refractivity (Wildman–Crippen MR) is 101 cm³/mol. The van der Waals surface area contributed by atoms with E-state index in [1.54, 1.807) is 6.07 Å². The molecule has 3 rings (SSSR count). The van der Waals surface area contributed by atoms with Gasteiger partial charge in [-0.2, -0.15) is 0 Å². The molecule has 2 atom stereocenters. The molecule has 0 radical (unpaired) electrons. The Labute approximate surface area is 161 Å². The van der Waals surface area contributed by atoms with Gasteiger partial charge in [0.15, 0.2) is 5.78 Å². The zero-order valence-electron chi connectivity index (χ0n) is 15.2. The van der Waals surface area contributed by atoms with Crippen molar-refractivity contribution in [3.05, 3.63) is 45.4 Å². The Balaban J connectivity index is 1.89. The first-order valence-corrected chi connectivity index (χ1v) is 9.53. The van der Waals surface area contributed by atoms with Crippen molar-refractivity contribution >= 4 is 27.8 Å². The van der Waals surface area contributed by atoms with Crippen LogP contribution in [0.2, 0.25) is 0 Å². The van der Waals surface area contributed by atoms with Crippen LogP contribution in [-0.2, 0) is 6.42 Å². The molecule has 1 aliphatic heterocycles. The number of likely N-dealkylation sites (tertiary alicyclic amines) is 1. The third kappa shape index (κ3) is 3.56. The maximum atomic E-state index is 15.7. The number of piperidine rings is 1. The number of ketones is 1. The number of carbonyl (C=O) groups is 2. The molecule has 1 saturated heterocycles. The highest BCUT2D eigenvalue weighted by Gasteiger charge is 2.46. The number of nitrogens with zero attached hydrogens (tertiary/aromatic N) is 1. The van der Waals surface area contributed by atoms with Crippen LogP contribution in [0.4, 0.5) is 9.18 Å². The number of halogens is 2. The molecule has 0 aromatic heterocycles. The minimum atomic E-state index is -1.67. The number of alkyl halides is 1. The molecule has 26 heavy (non-hydrogen) atoms. The molecule has 0 bridgehead atoms. The molecule has 2 aliphatic rings. The van der Waals surface area contributed by atoms with Crippen molar-refractivity contribution < 1.29 is 19.1 Å². The monoisotopic (exact) mass is 423 g/mol. The lowest BCUT2D eigenvalue weighted by molar-refractivity contribution is 0.00542. The fraction of sp³-hybridized carbons (Fsp3) is 0.500. The number of allylic oxidation sites excluding steroid dienone is 2. The van der Waals surface area contributed by atoms with Crippen LogP contribution in [0.3, 0.4) is 0 Å². The highest BCUT2D eigenvalue weighted by Crippen LogP contribution is 2.41. The predicted octanol–water partition coefficient (Wildman–Crippen LogP) is 5.01. The number of fused-ring (bicyclic) bond motifs is 1. The topological polar surface area (TPSA) is 57.6 Å². The summed E-state index contributed by atoms with van der Waals surface area (Å²) in [4.78, 5) is 25.5. The summed E-state index contributed by atoms with van der Waals surface area (Å²) < 4.78 is 16.6. The number of Topliss-reactive ketones (excluding diaryl/α,β-unsaturated/α-hetero) is 1. The van der Waals surface area contributed by atoms with Gasteiger partial charge in [0.2, 0.25) is 0 Å². The minimum Gasteiger partial charge on any atom is -0.465 e. The molecule has 1 N–H and O–H groups in total. The van der Waals surface area contributed by atoms with Crippen LogP contribution >= 0.6 is 15.9 Å². The molecule has 140 valence electrons. The molecular weight excluding hydrogens is 401 g/mol. The van der Waals surface area contributed by atoms with E-state index in [1.807, 2.05) is 32.9 Å². The van der Waals surface area contributed by atoms with Gasteiger partial charge >= 0.3 is 6.09 Å². The first-order valence-electron chi connectivity index (χ1n) is 8.73. The average molecular weight is 424 g/mol. The Morgan fingerprint density at radius 2 is 2.12 bits per heavy atom. The van der Waals surface area contributed by atoms with Crippen LogP contribution in [-0.4, -0.2) is 40.1 Å². The lowest BCUT2D eigenvalue weighted by Crippen LogP contribution is -2.55. The van der Waals surface area contributed by atoms with E-state index in [1.165, 1.54) is 11.0 Å². The lowest BCUT2D eigenvalue weighted by Gasteiger charge is -2.46. The minimum absolute atomic E-state index is 0.0691. The summed E-state index contributed by atoms with van der Waals surface area (Å²) in [6.07, 6.45) is 1.000. The van der Waals surface area contributed by atoms with E-state index in [2.05, 4.69) is 15.9 Å². The number of rotatable bonds is 1. The second-order valence-electron chi connectivity index (χ2n) is 8.32. The van der Waals surface area contributed by atoms with Crippen molar-refractivity contribution in [1.82, 2.24) is 4.90 Å². The van der Waals surface area contributed by atoms with Gasteiger partial charge in [-0.05, 0) is 35.3 Å². The van der Waals surface area contributed by atoms with Crippen LogP contribution in [0.5, 0.6) is 0 Å². The second kappa shape index (κ2) is 6.48. The van der Waals surface area contributed by atoms with E-state index in [0.29, 0.717) is 17.6 Å². The number of amides is 1. The molecule has 1 aliphatic carbocycles. The summed E-state index contributed by atoms with van der Waals surface area (Å²) >= 11 is 3.40. The maximum absolute atomic E-state index is 15.7. The molecule has 4 nitrogen and oxygen atoms in total. The van der Waals surface area contributed by atoms with Gasteiger partial charge < -0.3 is 10.0 Å². The van der Waals surface area contributed by atoms with Gasteiger partial charge in [0.05, 0.1) is 0 Å². The molecular formula is C20H23BrFNO3. The first-order chi connectivity index (χ1) is 12.0. The molecule has 2 unspecified atom stereocenters. The van der Waals surface area contributed by atoms with Crippen LogP contribution in [0.1, 0.15) is 49.5 Å². The second-order valence-corrected chi connectivity index (χ2v) is 9.24. The third-order valence-corrected chi connectivity index (χ3v) is 5.83. The fourth-order valence-corrected chi connectivity index (χ4v) is 4.36. The molecule has 1 aromatic carbocycles. The number of hydrogen-bond donors (Lipinski definition) is 1. The normalized spacial score (nSPS) is 27.7. The Kier molecular flexibility index (Phi) is 4.76. The van der Waals surface area contributed by atoms with Gasteiger partial charge in [-0.1, -0.05) is 36.7 Å². The molecule has 0 spiro atoms. The SMILES string of the molecule is CC(C)(C)C1CC(F)(C=C2Cc3cc(Br)ccc3C2=O)CCN1C(=O)O. The third-order valence-electron chi connectivity index (χ3n) is 5.34. The van der Waals surface area contributed by atoms with Gasteiger partial charge in [-0.15, -0.1) is 0 Å². The van der Waals surface area contributed by atoms with Crippen LogP contribution in [0, 0.1) is 5.41 Å². The van der Waals surface area contributed by atoms with Crippen LogP contribution < -0.4 is 0 Å². The quantitative estimate of drug-likeness (QED) is 0.645. The van der Waals surface area contributed by atoms with Gasteiger partial charge in [-0.25, -0.2) is 9.18 Å². The zero-order valence-corrected chi connectivity index (χ0v) is 16.8. The largest absolute Gasteiger partial charge is 0.465 e. The van der Waals surface area contributed by atoms with Crippen molar-refractivity contribution in [3.8, 4) is 0 Å². The summed E-state index contributed by atoms with van der Waals surface area (Å²) in [6, 6.07) is 5.03. The number of carboxylic acid groups (broad SMARTS) is 1. The summed E-state index contributed by atoms with van der Waals surface area (Å²) in [5.74, 6) is -0.127. The summed E-state index contributed by atoms with van der Waals surface area (Å²) in [7, 11) is 0. The van der Waals surface area contributed by atoms with Gasteiger partial charge in [-0.3, -0.25) is 4.79 Å². The van der Waals surface area contributed by atoms with Crippen molar-refractivity contribution in [2.24, 2.45) is 5.41 Å². The molecule has 1 amide bonds. The van der Waals surface area contributed by atoms with E-state index < -0.39 is 17.8 Å². The Hall–Kier alpha value is -1.69. The van der Waals surface area contributed by atoms with Crippen LogP contribution in [0.15, 0.2) is 34.3 Å². The zero-order chi connectivity index (χ0) is 19.3. The molecule has 0 saturated carbocycles. The standard InChI is InChI=1S/C20H23BrFNO3/c1-19(2,3)16-11-20(22,6-7-23(16)18(25)26)10-13-8-12-9-14(21)4-5-15(12)17(13)24/h4-5,9-10,16H,6-8,11H2,1-3H3,(H,25,26). The van der Waals surface area contributed by atoms with Gasteiger partial charge in [0.1, 0.15) is 5.67 Å². The Morgan fingerprint density at radius 3 is 2.73 bits per heavy atom. The summed E-state index contributed by atoms with van der Waals surface area (Å²) in [5.41, 5.74) is -0.0685. The Morgan fingerprint density at radius 1 is 1.42 bits per heavy atom. The van der Waals surface area contributed by atoms with Crippen molar-refractivity contribution in [2.45, 2.75) is 51.7 Å². The molecule has 1 heterocycles. The van der Waals surface area contributed by atoms with Gasteiger partial charge in [0, 0.05) is 47.5 Å². The number of benzene rings is 1. The lowest BCUT2D eigenvalue weighted by atomic mass is 9.75. The highest BCUT2D eigenvalue weighted by atomic mass is 79.9. The van der Waals surface area contributed by atoms with Crippen molar-refractivity contribution in [3.63, 3.8) is 0 Å². The molecule has 1 aromatic rings. The van der Waals surface area contributed by atoms with E-state index in [9.17, 15) is 14.7 Å². The van der Waals surface area contributed by atoms with E-state index in [0.717, 1.165) is 10.0 Å². The number of carbonyl (C=O) groups excluding carboxylic acids is 1. The fourth-order valence-electron chi connectivity index (χ4n) is 3.95. The maximum Gasteiger partial charge on any atom is 0.407 e.